The normalized spacial score (nSPS) is 12.2. The van der Waals surface area contributed by atoms with Crippen LogP contribution in [-0.4, -0.2) is 14.4 Å². The van der Waals surface area contributed by atoms with Gasteiger partial charge in [0.05, 0.1) is 16.6 Å². The number of imidazole rings is 1. The van der Waals surface area contributed by atoms with Crippen molar-refractivity contribution in [3.05, 3.63) is 83.9 Å². The van der Waals surface area contributed by atoms with E-state index in [0.29, 0.717) is 0 Å². The lowest BCUT2D eigenvalue weighted by Gasteiger charge is -2.19. The molecule has 0 amide bonds. The minimum Gasteiger partial charge on any atom is -0.271 e. The van der Waals surface area contributed by atoms with Gasteiger partial charge in [-0.15, -0.1) is 0 Å². The minimum absolute atomic E-state index is 0.174. The molecule has 0 aliphatic carbocycles. The molecular formula is C25H23N3S. The van der Waals surface area contributed by atoms with Gasteiger partial charge >= 0.3 is 0 Å². The fourth-order valence-electron chi connectivity index (χ4n) is 3.66. The number of nitrogens with zero attached hydrogens (tertiary/aromatic N) is 3. The lowest BCUT2D eigenvalue weighted by molar-refractivity contribution is 0.590. The Morgan fingerprint density at radius 1 is 0.793 bits per heavy atom. The Hall–Kier alpha value is -2.85. The minimum atomic E-state index is 0.174. The topological polar surface area (TPSA) is 30.2 Å². The van der Waals surface area contributed by atoms with E-state index in [1.807, 2.05) is 18.2 Å². The Morgan fingerprint density at radius 2 is 1.48 bits per heavy atom. The summed E-state index contributed by atoms with van der Waals surface area (Å²) >= 11 is 1.76. The van der Waals surface area contributed by atoms with Crippen LogP contribution in [0.1, 0.15) is 31.9 Å². The fourth-order valence-corrected chi connectivity index (χ4v) is 4.62. The second-order valence-corrected chi connectivity index (χ2v) is 9.35. The van der Waals surface area contributed by atoms with Crippen molar-refractivity contribution in [3.63, 3.8) is 0 Å². The molecule has 0 radical (unpaired) electrons. The van der Waals surface area contributed by atoms with E-state index >= 15 is 0 Å². The monoisotopic (exact) mass is 397 g/mol. The van der Waals surface area contributed by atoms with Gasteiger partial charge in [-0.05, 0) is 40.8 Å². The Labute approximate surface area is 174 Å². The SMILES string of the molecule is CC(C)(C)c1ccc(CSc2nc3ccccc3c3nc4ccccc4n23)cc1. The predicted molar refractivity (Wildman–Crippen MR) is 123 cm³/mol. The zero-order valence-electron chi connectivity index (χ0n) is 16.9. The molecule has 5 aromatic rings. The molecule has 3 nitrogen and oxygen atoms in total. The Bertz CT molecular complexity index is 1330. The average molecular weight is 398 g/mol. The molecule has 5 rings (SSSR count). The summed E-state index contributed by atoms with van der Waals surface area (Å²) in [6.45, 7) is 6.74. The van der Waals surface area contributed by atoms with Crippen molar-refractivity contribution < 1.29 is 0 Å². The highest BCUT2D eigenvalue weighted by molar-refractivity contribution is 7.98. The molecule has 144 valence electrons. The summed E-state index contributed by atoms with van der Waals surface area (Å²) in [5.41, 5.74) is 6.90. The van der Waals surface area contributed by atoms with Crippen LogP contribution in [0, 0.1) is 0 Å². The van der Waals surface area contributed by atoms with E-state index in [9.17, 15) is 0 Å². The number of para-hydroxylation sites is 3. The quantitative estimate of drug-likeness (QED) is 0.253. The molecule has 3 aromatic carbocycles. The molecule has 0 spiro atoms. The van der Waals surface area contributed by atoms with Crippen LogP contribution in [0.2, 0.25) is 0 Å². The van der Waals surface area contributed by atoms with E-state index in [1.165, 1.54) is 11.1 Å². The first-order valence-electron chi connectivity index (χ1n) is 9.89. The third-order valence-corrected chi connectivity index (χ3v) is 6.31. The second-order valence-electron chi connectivity index (χ2n) is 8.41. The number of thioether (sulfide) groups is 1. The van der Waals surface area contributed by atoms with Crippen molar-refractivity contribution in [1.82, 2.24) is 14.4 Å². The molecule has 0 saturated heterocycles. The fraction of sp³-hybridized carbons (Fsp3) is 0.200. The number of rotatable bonds is 3. The van der Waals surface area contributed by atoms with Gasteiger partial charge in [-0.25, -0.2) is 9.97 Å². The molecule has 2 aromatic heterocycles. The second kappa shape index (κ2) is 6.89. The lowest BCUT2D eigenvalue weighted by atomic mass is 9.87. The van der Waals surface area contributed by atoms with Gasteiger partial charge in [0.1, 0.15) is 5.65 Å². The van der Waals surface area contributed by atoms with Crippen LogP contribution in [0.5, 0.6) is 0 Å². The zero-order valence-corrected chi connectivity index (χ0v) is 17.7. The number of fused-ring (bicyclic) bond motifs is 5. The molecule has 0 N–H and O–H groups in total. The van der Waals surface area contributed by atoms with Gasteiger partial charge in [-0.2, -0.15) is 0 Å². The van der Waals surface area contributed by atoms with Crippen molar-refractivity contribution in [3.8, 4) is 0 Å². The van der Waals surface area contributed by atoms with Crippen LogP contribution in [0.3, 0.4) is 0 Å². The summed E-state index contributed by atoms with van der Waals surface area (Å²) in [7, 11) is 0. The molecule has 0 aliphatic heterocycles. The summed E-state index contributed by atoms with van der Waals surface area (Å²) in [6, 6.07) is 25.5. The third-order valence-electron chi connectivity index (χ3n) is 5.30. The van der Waals surface area contributed by atoms with E-state index in [0.717, 1.165) is 38.5 Å². The van der Waals surface area contributed by atoms with Crippen LogP contribution >= 0.6 is 11.8 Å². The van der Waals surface area contributed by atoms with Gasteiger partial charge in [0.2, 0.25) is 0 Å². The first kappa shape index (κ1) is 18.2. The van der Waals surface area contributed by atoms with Gasteiger partial charge < -0.3 is 0 Å². The largest absolute Gasteiger partial charge is 0.271 e. The number of hydrogen-bond donors (Lipinski definition) is 0. The molecule has 2 heterocycles. The summed E-state index contributed by atoms with van der Waals surface area (Å²) in [4.78, 5) is 9.89. The molecule has 0 fully saturated rings. The van der Waals surface area contributed by atoms with Crippen molar-refractivity contribution in [2.75, 3.05) is 0 Å². The van der Waals surface area contributed by atoms with E-state index in [2.05, 4.69) is 79.8 Å². The van der Waals surface area contributed by atoms with Crippen molar-refractivity contribution in [2.24, 2.45) is 0 Å². The lowest BCUT2D eigenvalue weighted by Crippen LogP contribution is -2.10. The van der Waals surface area contributed by atoms with Gasteiger partial charge in [0.15, 0.2) is 5.16 Å². The maximum absolute atomic E-state index is 4.98. The molecule has 0 bridgehead atoms. The van der Waals surface area contributed by atoms with Gasteiger partial charge in [0.25, 0.3) is 0 Å². The van der Waals surface area contributed by atoms with Crippen LogP contribution in [0.4, 0.5) is 0 Å². The number of aromatic nitrogens is 3. The molecule has 4 heteroatoms. The van der Waals surface area contributed by atoms with Crippen molar-refractivity contribution >= 4 is 39.3 Å². The molecular weight excluding hydrogens is 374 g/mol. The van der Waals surface area contributed by atoms with E-state index < -0.39 is 0 Å². The highest BCUT2D eigenvalue weighted by Gasteiger charge is 2.15. The van der Waals surface area contributed by atoms with Gasteiger partial charge in [0, 0.05) is 11.1 Å². The van der Waals surface area contributed by atoms with Crippen LogP contribution in [-0.2, 0) is 11.2 Å². The van der Waals surface area contributed by atoms with Gasteiger partial charge in [-0.1, -0.05) is 81.1 Å². The first-order valence-corrected chi connectivity index (χ1v) is 10.9. The first-order chi connectivity index (χ1) is 14.0. The standard InChI is InChI=1S/C25H23N3S/c1-25(2,3)18-14-12-17(13-15-18)16-29-24-27-20-9-5-4-8-19(20)23-26-21-10-6-7-11-22(21)28(23)24/h4-15H,16H2,1-3H3. The van der Waals surface area contributed by atoms with Crippen LogP contribution in [0.15, 0.2) is 78.0 Å². The van der Waals surface area contributed by atoms with E-state index in [-0.39, 0.29) is 5.41 Å². The summed E-state index contributed by atoms with van der Waals surface area (Å²) in [6.07, 6.45) is 0. The summed E-state index contributed by atoms with van der Waals surface area (Å²) in [5, 5.41) is 2.06. The Morgan fingerprint density at radius 3 is 2.24 bits per heavy atom. The maximum Gasteiger partial charge on any atom is 0.175 e. The highest BCUT2D eigenvalue weighted by atomic mass is 32.2. The van der Waals surface area contributed by atoms with Crippen LogP contribution in [0.25, 0.3) is 27.6 Å². The number of benzene rings is 3. The smallest absolute Gasteiger partial charge is 0.175 e. The Kier molecular flexibility index (Phi) is 4.32. The molecule has 0 aliphatic rings. The molecule has 29 heavy (non-hydrogen) atoms. The predicted octanol–water partition coefficient (Wildman–Crippen LogP) is 6.63. The van der Waals surface area contributed by atoms with Crippen LogP contribution < -0.4 is 0 Å². The van der Waals surface area contributed by atoms with Crippen molar-refractivity contribution in [1.29, 1.82) is 0 Å². The molecule has 0 saturated carbocycles. The highest BCUT2D eigenvalue weighted by Crippen LogP contribution is 2.31. The Balaban J connectivity index is 1.58. The van der Waals surface area contributed by atoms with E-state index in [1.54, 1.807) is 11.8 Å². The zero-order chi connectivity index (χ0) is 20.0. The van der Waals surface area contributed by atoms with Gasteiger partial charge in [-0.3, -0.25) is 4.40 Å². The molecule has 0 unspecified atom stereocenters. The third kappa shape index (κ3) is 3.28. The van der Waals surface area contributed by atoms with E-state index in [4.69, 9.17) is 9.97 Å². The summed E-state index contributed by atoms with van der Waals surface area (Å²) < 4.78 is 2.20. The number of hydrogen-bond acceptors (Lipinski definition) is 3. The average Bonchev–Trinajstić information content (AvgIpc) is 3.12. The maximum atomic E-state index is 4.98. The van der Waals surface area contributed by atoms with Crippen molar-refractivity contribution in [2.45, 2.75) is 37.1 Å². The summed E-state index contributed by atoms with van der Waals surface area (Å²) in [5.74, 6) is 0.872. The molecule has 0 atom stereocenters.